The standard InChI is InChI=1S/C25H37N5O2Si/c1-7-19(17-12-9-8-10-13-17)26-23(32)30-16-18-20(24(30,2)3)28-29-21(18)27-22(31)25(14-11-15-25)33(4,5)6/h8-10,12-13,19H,7,11,14-16H2,1-6H3,(H,26,32)(H2,27,28,29,31)/t19-/m1/s1. The van der Waals surface area contributed by atoms with Crippen molar-refractivity contribution in [1.29, 1.82) is 0 Å². The van der Waals surface area contributed by atoms with Crippen LogP contribution in [0, 0.1) is 0 Å². The van der Waals surface area contributed by atoms with Crippen LogP contribution in [0.5, 0.6) is 0 Å². The molecule has 1 saturated carbocycles. The third-order valence-electron chi connectivity index (χ3n) is 7.93. The van der Waals surface area contributed by atoms with E-state index in [1.807, 2.05) is 49.1 Å². The first-order valence-corrected chi connectivity index (χ1v) is 15.5. The number of urea groups is 1. The molecule has 7 nitrogen and oxygen atoms in total. The number of nitrogens with one attached hydrogen (secondary N) is 3. The molecule has 3 N–H and O–H groups in total. The van der Waals surface area contributed by atoms with Crippen LogP contribution in [0.2, 0.25) is 24.7 Å². The zero-order valence-corrected chi connectivity index (χ0v) is 21.7. The van der Waals surface area contributed by atoms with E-state index in [2.05, 4.69) is 47.4 Å². The molecule has 2 aliphatic rings. The molecule has 0 bridgehead atoms. The van der Waals surface area contributed by atoms with Crippen molar-refractivity contribution in [2.75, 3.05) is 5.32 Å². The van der Waals surface area contributed by atoms with Gasteiger partial charge in [0.1, 0.15) is 0 Å². The van der Waals surface area contributed by atoms with Crippen molar-refractivity contribution in [2.45, 2.75) is 89.3 Å². The SMILES string of the molecule is CC[C@@H](NC(=O)N1Cc2c(NC(=O)C3([Si](C)(C)C)CCC3)n[nH]c2C1(C)C)c1ccccc1. The summed E-state index contributed by atoms with van der Waals surface area (Å²) in [5.74, 6) is 0.663. The van der Waals surface area contributed by atoms with Gasteiger partial charge in [-0.15, -0.1) is 0 Å². The summed E-state index contributed by atoms with van der Waals surface area (Å²) < 4.78 is 0. The van der Waals surface area contributed by atoms with Crippen molar-refractivity contribution < 1.29 is 9.59 Å². The minimum absolute atomic E-state index is 0.0547. The van der Waals surface area contributed by atoms with E-state index in [9.17, 15) is 9.59 Å². The van der Waals surface area contributed by atoms with Gasteiger partial charge >= 0.3 is 6.03 Å². The molecule has 0 saturated heterocycles. The van der Waals surface area contributed by atoms with Crippen LogP contribution < -0.4 is 10.6 Å². The van der Waals surface area contributed by atoms with E-state index in [-0.39, 0.29) is 23.0 Å². The predicted octanol–water partition coefficient (Wildman–Crippen LogP) is 5.52. The predicted molar refractivity (Wildman–Crippen MR) is 134 cm³/mol. The number of rotatable bonds is 6. The van der Waals surface area contributed by atoms with Gasteiger partial charge in [-0.3, -0.25) is 9.89 Å². The number of fused-ring (bicyclic) bond motifs is 1. The molecule has 1 atom stereocenters. The van der Waals surface area contributed by atoms with E-state index in [0.717, 1.165) is 42.5 Å². The van der Waals surface area contributed by atoms with Gasteiger partial charge in [-0.2, -0.15) is 5.10 Å². The van der Waals surface area contributed by atoms with E-state index in [4.69, 9.17) is 0 Å². The highest BCUT2D eigenvalue weighted by molar-refractivity contribution is 6.83. The Bertz CT molecular complexity index is 1040. The van der Waals surface area contributed by atoms with Gasteiger partial charge in [0.05, 0.1) is 31.9 Å². The van der Waals surface area contributed by atoms with Gasteiger partial charge in [0.15, 0.2) is 5.82 Å². The fourth-order valence-corrected chi connectivity index (χ4v) is 7.95. The fourth-order valence-electron chi connectivity index (χ4n) is 5.35. The van der Waals surface area contributed by atoms with Gasteiger partial charge in [0.25, 0.3) is 0 Å². The Kier molecular flexibility index (Phi) is 5.93. The number of benzene rings is 1. The zero-order valence-electron chi connectivity index (χ0n) is 20.7. The maximum absolute atomic E-state index is 13.4. The van der Waals surface area contributed by atoms with E-state index in [1.54, 1.807) is 0 Å². The Labute approximate surface area is 197 Å². The molecule has 4 rings (SSSR count). The van der Waals surface area contributed by atoms with Crippen LogP contribution in [0.15, 0.2) is 30.3 Å². The molecule has 1 aliphatic heterocycles. The highest BCUT2D eigenvalue weighted by Crippen LogP contribution is 2.56. The van der Waals surface area contributed by atoms with Crippen molar-refractivity contribution in [3.63, 3.8) is 0 Å². The lowest BCUT2D eigenvalue weighted by molar-refractivity contribution is -0.121. The van der Waals surface area contributed by atoms with Gasteiger partial charge in [-0.05, 0) is 38.7 Å². The first kappa shape index (κ1) is 23.5. The van der Waals surface area contributed by atoms with E-state index in [1.165, 1.54) is 0 Å². The van der Waals surface area contributed by atoms with Crippen molar-refractivity contribution >= 4 is 25.8 Å². The highest BCUT2D eigenvalue weighted by Gasteiger charge is 2.54. The molecule has 2 aromatic rings. The summed E-state index contributed by atoms with van der Waals surface area (Å²) in [5, 5.41) is 13.7. The van der Waals surface area contributed by atoms with Gasteiger partial charge in [-0.1, -0.05) is 63.3 Å². The highest BCUT2D eigenvalue weighted by atomic mass is 28.3. The number of H-pyrrole nitrogens is 1. The molecule has 0 unspecified atom stereocenters. The Morgan fingerprint density at radius 3 is 2.39 bits per heavy atom. The van der Waals surface area contributed by atoms with Crippen LogP contribution in [-0.2, 0) is 16.9 Å². The summed E-state index contributed by atoms with van der Waals surface area (Å²) in [6.07, 6.45) is 3.83. The second-order valence-corrected chi connectivity index (χ2v) is 16.5. The van der Waals surface area contributed by atoms with Gasteiger partial charge in [-0.25, -0.2) is 4.79 Å². The van der Waals surface area contributed by atoms with Gasteiger partial charge in [0.2, 0.25) is 5.91 Å². The first-order valence-electron chi connectivity index (χ1n) is 12.0. The fraction of sp³-hybridized carbons (Fsp3) is 0.560. The number of carbonyl (C=O) groups excluding carboxylic acids is 2. The Morgan fingerprint density at radius 1 is 1.18 bits per heavy atom. The average Bonchev–Trinajstić information content (AvgIpc) is 3.23. The van der Waals surface area contributed by atoms with E-state index in [0.29, 0.717) is 12.4 Å². The third kappa shape index (κ3) is 3.88. The molecule has 178 valence electrons. The van der Waals surface area contributed by atoms with Crippen LogP contribution in [0.4, 0.5) is 10.6 Å². The lowest BCUT2D eigenvalue weighted by Gasteiger charge is -2.48. The van der Waals surface area contributed by atoms with Crippen molar-refractivity contribution in [3.8, 4) is 0 Å². The minimum Gasteiger partial charge on any atom is -0.331 e. The van der Waals surface area contributed by atoms with E-state index >= 15 is 0 Å². The topological polar surface area (TPSA) is 90.1 Å². The summed E-state index contributed by atoms with van der Waals surface area (Å²) in [7, 11) is -1.69. The summed E-state index contributed by atoms with van der Waals surface area (Å²) in [4.78, 5) is 28.5. The van der Waals surface area contributed by atoms with Crippen molar-refractivity contribution in [3.05, 3.63) is 47.2 Å². The Hall–Kier alpha value is -2.61. The summed E-state index contributed by atoms with van der Waals surface area (Å²) in [6.45, 7) is 13.3. The van der Waals surface area contributed by atoms with Crippen LogP contribution in [0.1, 0.15) is 69.3 Å². The molecular formula is C25H37N5O2Si. The second kappa shape index (κ2) is 8.31. The van der Waals surface area contributed by atoms with Crippen LogP contribution >= 0.6 is 0 Å². The van der Waals surface area contributed by atoms with Crippen molar-refractivity contribution in [2.24, 2.45) is 0 Å². The molecule has 2 heterocycles. The Balaban J connectivity index is 1.52. The average molecular weight is 468 g/mol. The Morgan fingerprint density at radius 2 is 1.85 bits per heavy atom. The quantitative estimate of drug-likeness (QED) is 0.488. The monoisotopic (exact) mass is 467 g/mol. The minimum atomic E-state index is -1.69. The molecule has 0 spiro atoms. The van der Waals surface area contributed by atoms with Gasteiger partial charge < -0.3 is 15.5 Å². The smallest absolute Gasteiger partial charge is 0.318 e. The molecule has 0 radical (unpaired) electrons. The maximum atomic E-state index is 13.4. The normalized spacial score (nSPS) is 19.4. The molecule has 1 aliphatic carbocycles. The van der Waals surface area contributed by atoms with Crippen molar-refractivity contribution in [1.82, 2.24) is 20.4 Å². The molecule has 1 aromatic heterocycles. The number of aromatic nitrogens is 2. The van der Waals surface area contributed by atoms with E-state index < -0.39 is 13.6 Å². The molecule has 3 amide bonds. The third-order valence-corrected chi connectivity index (χ3v) is 11.5. The lowest BCUT2D eigenvalue weighted by Crippen LogP contribution is -2.52. The molecule has 33 heavy (non-hydrogen) atoms. The lowest BCUT2D eigenvalue weighted by atomic mass is 9.83. The number of aromatic amines is 1. The van der Waals surface area contributed by atoms with Crippen LogP contribution in [0.3, 0.4) is 0 Å². The van der Waals surface area contributed by atoms with Crippen LogP contribution in [-0.4, -0.2) is 35.1 Å². The largest absolute Gasteiger partial charge is 0.331 e. The molecule has 1 aromatic carbocycles. The maximum Gasteiger partial charge on any atom is 0.318 e. The summed E-state index contributed by atoms with van der Waals surface area (Å²) in [6, 6.07) is 9.87. The summed E-state index contributed by atoms with van der Waals surface area (Å²) >= 11 is 0. The number of carbonyl (C=O) groups is 2. The number of hydrogen-bond acceptors (Lipinski definition) is 3. The molecule has 8 heteroatoms. The molecule has 1 fully saturated rings. The number of amides is 3. The number of anilines is 1. The van der Waals surface area contributed by atoms with Crippen LogP contribution in [0.25, 0.3) is 0 Å². The number of hydrogen-bond donors (Lipinski definition) is 3. The summed E-state index contributed by atoms with van der Waals surface area (Å²) in [5.41, 5.74) is 2.32. The van der Waals surface area contributed by atoms with Gasteiger partial charge in [0, 0.05) is 10.6 Å². The first-order chi connectivity index (χ1) is 15.5. The zero-order chi connectivity index (χ0) is 24.0. The second-order valence-electron chi connectivity index (χ2n) is 11.0. The number of nitrogens with zero attached hydrogens (tertiary/aromatic N) is 2. The molecular weight excluding hydrogens is 430 g/mol.